The molecule has 0 amide bonds. The van der Waals surface area contributed by atoms with Crippen molar-refractivity contribution in [3.63, 3.8) is 0 Å². The maximum atomic E-state index is 13.4. The highest BCUT2D eigenvalue weighted by molar-refractivity contribution is 8.00. The number of thioether (sulfide) groups is 1. The van der Waals surface area contributed by atoms with E-state index in [1.165, 1.54) is 5.69 Å². The molecule has 1 aliphatic heterocycles. The molecule has 1 saturated heterocycles. The van der Waals surface area contributed by atoms with Crippen LogP contribution in [0.25, 0.3) is 0 Å². The minimum absolute atomic E-state index is 0.157. The van der Waals surface area contributed by atoms with Crippen LogP contribution in [0.15, 0.2) is 18.2 Å². The van der Waals surface area contributed by atoms with Crippen molar-refractivity contribution in [3.05, 3.63) is 29.6 Å². The van der Waals surface area contributed by atoms with Crippen molar-refractivity contribution in [2.24, 2.45) is 0 Å². The summed E-state index contributed by atoms with van der Waals surface area (Å²) in [6, 6.07) is 5.30. The van der Waals surface area contributed by atoms with Gasteiger partial charge in [-0.1, -0.05) is 6.92 Å². The molecule has 0 saturated carbocycles. The van der Waals surface area contributed by atoms with Crippen LogP contribution in [0.3, 0.4) is 0 Å². The topological polar surface area (TPSA) is 15.3 Å². The fourth-order valence-electron chi connectivity index (χ4n) is 2.35. The maximum absolute atomic E-state index is 13.4. The van der Waals surface area contributed by atoms with Crippen molar-refractivity contribution in [3.8, 4) is 0 Å². The molecule has 0 aliphatic carbocycles. The number of rotatable bonds is 3. The van der Waals surface area contributed by atoms with Gasteiger partial charge in [0, 0.05) is 35.8 Å². The van der Waals surface area contributed by atoms with Crippen LogP contribution in [0.2, 0.25) is 0 Å². The van der Waals surface area contributed by atoms with Gasteiger partial charge in [0.15, 0.2) is 0 Å². The first kappa shape index (κ1) is 13.7. The fraction of sp³-hybridized carbons (Fsp3) is 0.571. The Labute approximate surface area is 113 Å². The number of halogens is 1. The molecular formula is C14H21FN2S. The van der Waals surface area contributed by atoms with Gasteiger partial charge in [-0.25, -0.2) is 4.39 Å². The Morgan fingerprint density at radius 3 is 2.94 bits per heavy atom. The van der Waals surface area contributed by atoms with Crippen LogP contribution in [-0.2, 0) is 0 Å². The third-order valence-corrected chi connectivity index (χ3v) is 4.61. The van der Waals surface area contributed by atoms with Gasteiger partial charge in [-0.15, -0.1) is 0 Å². The zero-order valence-electron chi connectivity index (χ0n) is 11.2. The van der Waals surface area contributed by atoms with Gasteiger partial charge in [0.05, 0.1) is 0 Å². The molecule has 2 atom stereocenters. The molecule has 0 radical (unpaired) electrons. The average Bonchev–Trinajstić information content (AvgIpc) is 2.37. The van der Waals surface area contributed by atoms with Gasteiger partial charge in [-0.05, 0) is 37.7 Å². The van der Waals surface area contributed by atoms with Gasteiger partial charge >= 0.3 is 0 Å². The number of hydrogen-bond donors (Lipinski definition) is 1. The van der Waals surface area contributed by atoms with E-state index in [1.54, 1.807) is 12.1 Å². The Kier molecular flexibility index (Phi) is 4.51. The zero-order valence-corrected chi connectivity index (χ0v) is 12.1. The van der Waals surface area contributed by atoms with E-state index in [1.807, 2.05) is 24.9 Å². The van der Waals surface area contributed by atoms with E-state index in [2.05, 4.69) is 24.1 Å². The summed E-state index contributed by atoms with van der Waals surface area (Å²) < 4.78 is 13.4. The molecule has 1 heterocycles. The Morgan fingerprint density at radius 2 is 2.28 bits per heavy atom. The molecule has 1 aromatic rings. The zero-order chi connectivity index (χ0) is 13.1. The van der Waals surface area contributed by atoms with Crippen LogP contribution >= 0.6 is 11.8 Å². The van der Waals surface area contributed by atoms with Crippen molar-refractivity contribution < 1.29 is 4.39 Å². The Morgan fingerprint density at radius 1 is 1.50 bits per heavy atom. The molecule has 1 fully saturated rings. The van der Waals surface area contributed by atoms with E-state index in [-0.39, 0.29) is 11.9 Å². The molecule has 0 bridgehead atoms. The normalized spacial score (nSPS) is 22.0. The van der Waals surface area contributed by atoms with E-state index in [0.717, 1.165) is 24.4 Å². The summed E-state index contributed by atoms with van der Waals surface area (Å²) in [6.45, 7) is 6.41. The molecule has 2 unspecified atom stereocenters. The SMILES string of the molecule is CNC(C)c1cc(F)ccc1N1CCSC(C)C1. The molecule has 0 spiro atoms. The summed E-state index contributed by atoms with van der Waals surface area (Å²) >= 11 is 2.01. The Hall–Kier alpha value is -0.740. The second-order valence-electron chi connectivity index (χ2n) is 4.84. The highest BCUT2D eigenvalue weighted by atomic mass is 32.2. The van der Waals surface area contributed by atoms with E-state index in [4.69, 9.17) is 0 Å². The van der Waals surface area contributed by atoms with Crippen molar-refractivity contribution in [2.45, 2.75) is 25.1 Å². The van der Waals surface area contributed by atoms with Gasteiger partial charge in [-0.3, -0.25) is 0 Å². The van der Waals surface area contributed by atoms with Gasteiger partial charge in [-0.2, -0.15) is 11.8 Å². The molecule has 4 heteroatoms. The summed E-state index contributed by atoms with van der Waals surface area (Å²) in [4.78, 5) is 2.38. The number of hydrogen-bond acceptors (Lipinski definition) is 3. The van der Waals surface area contributed by atoms with Crippen molar-refractivity contribution in [2.75, 3.05) is 30.8 Å². The smallest absolute Gasteiger partial charge is 0.123 e. The Balaban J connectivity index is 2.30. The lowest BCUT2D eigenvalue weighted by Crippen LogP contribution is -2.37. The molecule has 1 N–H and O–H groups in total. The summed E-state index contributed by atoms with van der Waals surface area (Å²) in [5.41, 5.74) is 2.22. The van der Waals surface area contributed by atoms with Gasteiger partial charge in [0.2, 0.25) is 0 Å². The monoisotopic (exact) mass is 268 g/mol. The molecular weight excluding hydrogens is 247 g/mol. The van der Waals surface area contributed by atoms with Crippen molar-refractivity contribution in [1.29, 1.82) is 0 Å². The van der Waals surface area contributed by atoms with Crippen LogP contribution in [0.4, 0.5) is 10.1 Å². The Bertz CT molecular complexity index is 411. The number of anilines is 1. The van der Waals surface area contributed by atoms with E-state index in [0.29, 0.717) is 5.25 Å². The molecule has 2 nitrogen and oxygen atoms in total. The molecule has 1 aliphatic rings. The first-order valence-corrected chi connectivity index (χ1v) is 7.50. The average molecular weight is 268 g/mol. The fourth-order valence-corrected chi connectivity index (χ4v) is 3.37. The quantitative estimate of drug-likeness (QED) is 0.907. The lowest BCUT2D eigenvalue weighted by atomic mass is 10.0. The minimum Gasteiger partial charge on any atom is -0.369 e. The predicted octanol–water partition coefficient (Wildman–Crippen LogP) is 3.05. The van der Waals surface area contributed by atoms with Crippen LogP contribution in [0, 0.1) is 5.82 Å². The highest BCUT2D eigenvalue weighted by Gasteiger charge is 2.21. The van der Waals surface area contributed by atoms with Crippen molar-refractivity contribution >= 4 is 17.4 Å². The highest BCUT2D eigenvalue weighted by Crippen LogP contribution is 2.30. The first-order chi connectivity index (χ1) is 8.61. The molecule has 18 heavy (non-hydrogen) atoms. The number of benzene rings is 1. The van der Waals surface area contributed by atoms with Gasteiger partial charge in [0.1, 0.15) is 5.82 Å². The van der Waals surface area contributed by atoms with E-state index < -0.39 is 0 Å². The van der Waals surface area contributed by atoms with E-state index in [9.17, 15) is 4.39 Å². The van der Waals surface area contributed by atoms with Gasteiger partial charge in [0.25, 0.3) is 0 Å². The standard InChI is InChI=1S/C14H21FN2S/c1-10-9-17(6-7-18-10)14-5-4-12(15)8-13(14)11(2)16-3/h4-5,8,10-11,16H,6-7,9H2,1-3H3. The molecule has 0 aromatic heterocycles. The summed E-state index contributed by atoms with van der Waals surface area (Å²) in [7, 11) is 1.91. The summed E-state index contributed by atoms with van der Waals surface area (Å²) in [6.07, 6.45) is 0. The number of nitrogens with one attached hydrogen (secondary N) is 1. The van der Waals surface area contributed by atoms with Crippen LogP contribution < -0.4 is 10.2 Å². The molecule has 100 valence electrons. The maximum Gasteiger partial charge on any atom is 0.123 e. The largest absolute Gasteiger partial charge is 0.369 e. The van der Waals surface area contributed by atoms with Crippen LogP contribution in [0.1, 0.15) is 25.5 Å². The lowest BCUT2D eigenvalue weighted by molar-refractivity contribution is 0.606. The van der Waals surface area contributed by atoms with Crippen LogP contribution in [0.5, 0.6) is 0 Å². The second kappa shape index (κ2) is 5.93. The molecule has 1 aromatic carbocycles. The van der Waals surface area contributed by atoms with Crippen molar-refractivity contribution in [1.82, 2.24) is 5.32 Å². The first-order valence-electron chi connectivity index (χ1n) is 6.45. The summed E-state index contributed by atoms with van der Waals surface area (Å²) in [5, 5.41) is 3.84. The molecule has 2 rings (SSSR count). The third-order valence-electron chi connectivity index (χ3n) is 3.47. The van der Waals surface area contributed by atoms with Crippen LogP contribution in [-0.4, -0.2) is 31.1 Å². The second-order valence-corrected chi connectivity index (χ2v) is 6.39. The van der Waals surface area contributed by atoms with E-state index >= 15 is 0 Å². The summed E-state index contributed by atoms with van der Waals surface area (Å²) in [5.74, 6) is 0.988. The number of nitrogens with zero attached hydrogens (tertiary/aromatic N) is 1. The third kappa shape index (κ3) is 2.98. The minimum atomic E-state index is -0.157. The predicted molar refractivity (Wildman–Crippen MR) is 78.0 cm³/mol. The van der Waals surface area contributed by atoms with Gasteiger partial charge < -0.3 is 10.2 Å². The lowest BCUT2D eigenvalue weighted by Gasteiger charge is -2.34.